The zero-order valence-electron chi connectivity index (χ0n) is 23.6. The van der Waals surface area contributed by atoms with Gasteiger partial charge in [-0.2, -0.15) is 5.09 Å². The standard InChI is InChI=1S/C28H36FN2O10P/c1-19-26(35)37-16-10-5-3-4-9-13-24(34)40-25-22(18-38-42(36,30-19)41-21-11-7-6-8-12-21)39-27(28(25,2)29)31-15-14-20(32)17-23(31)33/h6-8,11-12,14-15,19,22,25,27H,3-5,9-10,13,16-18H2,1-2H3,(H,30,36)/t19-,22+,25+,27+,28+,42+/m0/s1. The summed E-state index contributed by atoms with van der Waals surface area (Å²) in [5, 5.41) is 2.56. The van der Waals surface area contributed by atoms with Crippen molar-refractivity contribution >= 4 is 31.4 Å². The molecule has 230 valence electrons. The van der Waals surface area contributed by atoms with Crippen molar-refractivity contribution in [3.8, 4) is 5.75 Å². The van der Waals surface area contributed by atoms with E-state index in [2.05, 4.69) is 5.09 Å². The minimum absolute atomic E-state index is 0.0194. The lowest BCUT2D eigenvalue weighted by atomic mass is 9.97. The Morgan fingerprint density at radius 2 is 1.79 bits per heavy atom. The molecule has 0 radical (unpaired) electrons. The molecule has 6 atom stereocenters. The Bertz CT molecular complexity index is 1230. The second-order valence-corrected chi connectivity index (χ2v) is 12.3. The van der Waals surface area contributed by atoms with Crippen LogP contribution in [0.25, 0.3) is 0 Å². The summed E-state index contributed by atoms with van der Waals surface area (Å²) in [6.07, 6.45) is 0.662. The SMILES string of the molecule is C[C@@H]1N[P@](=O)(Oc2ccccc2)OC[C@H]2O[C@@H](N3C=CC(=O)CC3=O)[C@](C)(F)[C@@H]2OC(=O)CCCCCCCOC1=O. The predicted molar refractivity (Wildman–Crippen MR) is 146 cm³/mol. The Labute approximate surface area is 243 Å². The van der Waals surface area contributed by atoms with Gasteiger partial charge in [0, 0.05) is 12.6 Å². The second kappa shape index (κ2) is 13.9. The van der Waals surface area contributed by atoms with Crippen molar-refractivity contribution in [3.05, 3.63) is 42.6 Å². The van der Waals surface area contributed by atoms with Gasteiger partial charge in [-0.1, -0.05) is 37.5 Å². The maximum atomic E-state index is 16.4. The van der Waals surface area contributed by atoms with E-state index in [4.69, 9.17) is 23.3 Å². The summed E-state index contributed by atoms with van der Waals surface area (Å²) in [6.45, 7) is 2.11. The van der Waals surface area contributed by atoms with E-state index in [0.717, 1.165) is 36.9 Å². The molecule has 1 aromatic rings. The molecule has 14 heteroatoms. The number of rotatable bonds is 3. The van der Waals surface area contributed by atoms with E-state index in [1.54, 1.807) is 18.2 Å². The molecule has 2 fully saturated rings. The number of hydrogen-bond donors (Lipinski definition) is 1. The van der Waals surface area contributed by atoms with Gasteiger partial charge < -0.3 is 18.7 Å². The third-order valence-corrected chi connectivity index (χ3v) is 8.72. The lowest BCUT2D eigenvalue weighted by molar-refractivity contribution is -0.158. The maximum absolute atomic E-state index is 16.4. The van der Waals surface area contributed by atoms with Crippen LogP contribution in [0.1, 0.15) is 58.8 Å². The third-order valence-electron chi connectivity index (χ3n) is 7.08. The zero-order valence-corrected chi connectivity index (χ0v) is 24.5. The van der Waals surface area contributed by atoms with Crippen LogP contribution in [0, 0.1) is 0 Å². The van der Waals surface area contributed by atoms with Gasteiger partial charge in [0.05, 0.1) is 19.6 Å². The topological polar surface area (TPSA) is 147 Å². The molecule has 1 N–H and O–H groups in total. The number of carbonyl (C=O) groups excluding carboxylic acids is 4. The van der Waals surface area contributed by atoms with Crippen molar-refractivity contribution in [3.63, 3.8) is 0 Å². The van der Waals surface area contributed by atoms with Gasteiger partial charge in [0.2, 0.25) is 5.91 Å². The fourth-order valence-electron chi connectivity index (χ4n) is 4.86. The van der Waals surface area contributed by atoms with Crippen LogP contribution in [-0.2, 0) is 42.5 Å². The van der Waals surface area contributed by atoms with E-state index in [-0.39, 0.29) is 18.8 Å². The first-order valence-electron chi connectivity index (χ1n) is 14.0. The number of alkyl halides is 1. The summed E-state index contributed by atoms with van der Waals surface area (Å²) < 4.78 is 58.4. The molecule has 42 heavy (non-hydrogen) atoms. The Hall–Kier alpha value is -3.12. The molecule has 12 nitrogen and oxygen atoms in total. The molecule has 0 unspecified atom stereocenters. The predicted octanol–water partition coefficient (Wildman–Crippen LogP) is 3.75. The van der Waals surface area contributed by atoms with E-state index in [0.29, 0.717) is 19.3 Å². The third kappa shape index (κ3) is 8.03. The van der Waals surface area contributed by atoms with Crippen molar-refractivity contribution in [2.45, 2.75) is 88.9 Å². The summed E-state index contributed by atoms with van der Waals surface area (Å²) in [4.78, 5) is 50.6. The molecule has 0 bridgehead atoms. The van der Waals surface area contributed by atoms with Gasteiger partial charge in [0.1, 0.15) is 17.9 Å². The number of ketones is 1. The highest BCUT2D eigenvalue weighted by Crippen LogP contribution is 2.47. The van der Waals surface area contributed by atoms with Crippen molar-refractivity contribution in [2.24, 2.45) is 0 Å². The number of amides is 1. The van der Waals surface area contributed by atoms with Gasteiger partial charge in [-0.3, -0.25) is 28.6 Å². The summed E-state index contributed by atoms with van der Waals surface area (Å²) in [5.41, 5.74) is -2.44. The summed E-state index contributed by atoms with van der Waals surface area (Å²) in [5.74, 6) is -2.31. The average molecular weight is 611 g/mol. The number of nitrogens with zero attached hydrogens (tertiary/aromatic N) is 1. The van der Waals surface area contributed by atoms with Crippen LogP contribution in [0.2, 0.25) is 0 Å². The first-order chi connectivity index (χ1) is 20.0. The second-order valence-electron chi connectivity index (χ2n) is 10.6. The number of hydrogen-bond acceptors (Lipinski definition) is 10. The molecule has 3 aliphatic rings. The number of halogens is 1. The first-order valence-corrected chi connectivity index (χ1v) is 15.5. The van der Waals surface area contributed by atoms with Gasteiger partial charge in [-0.15, -0.1) is 0 Å². The van der Waals surface area contributed by atoms with Crippen LogP contribution >= 0.6 is 7.75 Å². The van der Waals surface area contributed by atoms with Crippen molar-refractivity contribution < 1.29 is 51.4 Å². The van der Waals surface area contributed by atoms with E-state index < -0.39 is 74.5 Å². The Morgan fingerprint density at radius 3 is 2.52 bits per heavy atom. The highest BCUT2D eigenvalue weighted by molar-refractivity contribution is 7.52. The quantitative estimate of drug-likeness (QED) is 0.303. The van der Waals surface area contributed by atoms with Gasteiger partial charge in [-0.25, -0.2) is 8.96 Å². The minimum Gasteiger partial charge on any atom is -0.465 e. The number of ether oxygens (including phenoxy) is 3. The molecule has 3 heterocycles. The molecule has 0 aromatic heterocycles. The molecule has 0 saturated carbocycles. The number of allylic oxidation sites excluding steroid dienone is 1. The van der Waals surface area contributed by atoms with E-state index >= 15 is 4.39 Å². The lowest BCUT2D eigenvalue weighted by Crippen LogP contribution is -2.52. The fraction of sp³-hybridized carbons (Fsp3) is 0.571. The van der Waals surface area contributed by atoms with Gasteiger partial charge in [0.15, 0.2) is 23.8 Å². The Kier molecular flexibility index (Phi) is 10.5. The van der Waals surface area contributed by atoms with Crippen molar-refractivity contribution in [1.29, 1.82) is 0 Å². The molecular weight excluding hydrogens is 574 g/mol. The van der Waals surface area contributed by atoms with Crippen LogP contribution in [-0.4, -0.2) is 71.9 Å². The van der Waals surface area contributed by atoms with Crippen LogP contribution in [0.5, 0.6) is 5.75 Å². The van der Waals surface area contributed by atoms with E-state index in [1.165, 1.54) is 19.1 Å². The molecule has 1 aromatic carbocycles. The fourth-order valence-corrected chi connectivity index (χ4v) is 6.36. The Balaban J connectivity index is 1.62. The number of para-hydroxylation sites is 1. The number of esters is 2. The number of nitrogens with one attached hydrogen (secondary N) is 1. The molecule has 0 spiro atoms. The maximum Gasteiger partial charge on any atom is 0.459 e. The molecule has 3 aliphatic heterocycles. The summed E-state index contributed by atoms with van der Waals surface area (Å²) in [6, 6.07) is 6.95. The number of fused-ring (bicyclic) bond motifs is 1. The largest absolute Gasteiger partial charge is 0.465 e. The van der Waals surface area contributed by atoms with Crippen LogP contribution < -0.4 is 9.61 Å². The van der Waals surface area contributed by atoms with Crippen LogP contribution in [0.4, 0.5) is 4.39 Å². The van der Waals surface area contributed by atoms with Gasteiger partial charge in [-0.05, 0) is 44.9 Å². The molecule has 0 aliphatic carbocycles. The molecule has 4 rings (SSSR count). The number of cyclic esters (lactones) is 1. The highest BCUT2D eigenvalue weighted by atomic mass is 31.2. The van der Waals surface area contributed by atoms with E-state index in [1.807, 2.05) is 0 Å². The van der Waals surface area contributed by atoms with Crippen molar-refractivity contribution in [1.82, 2.24) is 9.99 Å². The monoisotopic (exact) mass is 610 g/mol. The number of carbonyl (C=O) groups is 4. The molecular formula is C28H36FN2O10P. The minimum atomic E-state index is -4.35. The smallest absolute Gasteiger partial charge is 0.459 e. The number of benzene rings is 1. The first kappa shape index (κ1) is 31.8. The lowest BCUT2D eigenvalue weighted by Gasteiger charge is -2.33. The van der Waals surface area contributed by atoms with Crippen molar-refractivity contribution in [2.75, 3.05) is 13.2 Å². The summed E-state index contributed by atoms with van der Waals surface area (Å²) >= 11 is 0. The molecule has 2 saturated heterocycles. The zero-order chi connectivity index (χ0) is 30.3. The Morgan fingerprint density at radius 1 is 1.07 bits per heavy atom. The summed E-state index contributed by atoms with van der Waals surface area (Å²) in [7, 11) is -4.35. The van der Waals surface area contributed by atoms with Gasteiger partial charge in [0.25, 0.3) is 0 Å². The van der Waals surface area contributed by atoms with Crippen LogP contribution in [0.15, 0.2) is 42.6 Å². The van der Waals surface area contributed by atoms with Gasteiger partial charge >= 0.3 is 19.7 Å². The van der Waals surface area contributed by atoms with E-state index in [9.17, 15) is 23.7 Å². The normalized spacial score (nSPS) is 34.1. The highest BCUT2D eigenvalue weighted by Gasteiger charge is 2.60. The van der Waals surface area contributed by atoms with Crippen LogP contribution in [0.3, 0.4) is 0 Å². The average Bonchev–Trinajstić information content (AvgIpc) is 3.18. The molecule has 1 amide bonds.